The fraction of sp³-hybridized carbons (Fsp3) is 0.111. The normalized spacial score (nSPS) is 9.31. The molecule has 0 aliphatic rings. The molecule has 2 rings (SSSR count). The molecule has 2 aromatic rings. The van der Waals surface area contributed by atoms with Gasteiger partial charge in [0.05, 0.1) is 5.82 Å². The van der Waals surface area contributed by atoms with E-state index >= 15 is 0 Å². The van der Waals surface area contributed by atoms with E-state index in [0.29, 0.717) is 0 Å². The van der Waals surface area contributed by atoms with Crippen molar-refractivity contribution >= 4 is 0 Å². The summed E-state index contributed by atoms with van der Waals surface area (Å²) in [7, 11) is 1.95. The Kier molecular flexibility index (Phi) is 3.38. The number of aryl methyl sites for hydroxylation is 1. The van der Waals surface area contributed by atoms with Crippen molar-refractivity contribution < 1.29 is 21.1 Å². The van der Waals surface area contributed by atoms with E-state index in [-0.39, 0.29) is 21.1 Å². The molecule has 0 saturated heterocycles. The van der Waals surface area contributed by atoms with Crippen LogP contribution in [0.4, 0.5) is 0 Å². The Morgan fingerprint density at radius 2 is 2.23 bits per heavy atom. The van der Waals surface area contributed by atoms with Gasteiger partial charge in [0.2, 0.25) is 0 Å². The smallest absolute Gasteiger partial charge is 0.0570 e. The van der Waals surface area contributed by atoms with Gasteiger partial charge in [0.15, 0.2) is 0 Å². The molecular formula is C9H8N3Pt-. The molecule has 0 aliphatic carbocycles. The molecule has 0 unspecified atom stereocenters. The molecule has 2 heterocycles. The third-order valence-corrected chi connectivity index (χ3v) is 1.67. The van der Waals surface area contributed by atoms with E-state index in [1.165, 1.54) is 0 Å². The first-order valence-corrected chi connectivity index (χ1v) is 3.68. The number of hydrogen-bond donors (Lipinski definition) is 0. The van der Waals surface area contributed by atoms with Gasteiger partial charge in [0.25, 0.3) is 0 Å². The van der Waals surface area contributed by atoms with Crippen LogP contribution in [0.15, 0.2) is 30.7 Å². The Bertz CT molecular complexity index is 369. The summed E-state index contributed by atoms with van der Waals surface area (Å²) in [6.07, 6.45) is 8.24. The Hall–Kier alpha value is -0.952. The van der Waals surface area contributed by atoms with Crippen LogP contribution in [0, 0.1) is 6.20 Å². The van der Waals surface area contributed by atoms with Gasteiger partial charge in [-0.3, -0.25) is 4.98 Å². The van der Waals surface area contributed by atoms with E-state index in [9.17, 15) is 0 Å². The fourth-order valence-corrected chi connectivity index (χ4v) is 1.08. The molecule has 70 valence electrons. The maximum atomic E-state index is 4.18. The minimum atomic E-state index is 0. The second-order valence-electron chi connectivity index (χ2n) is 2.52. The second-order valence-corrected chi connectivity index (χ2v) is 2.52. The van der Waals surface area contributed by atoms with Gasteiger partial charge < -0.3 is 9.55 Å². The molecule has 0 N–H and O–H groups in total. The fourth-order valence-electron chi connectivity index (χ4n) is 1.08. The van der Waals surface area contributed by atoms with E-state index in [0.717, 1.165) is 11.4 Å². The summed E-state index contributed by atoms with van der Waals surface area (Å²) in [5.41, 5.74) is 0.921. The summed E-state index contributed by atoms with van der Waals surface area (Å²) in [5.74, 6) is 0.892. The molecule has 2 aromatic heterocycles. The summed E-state index contributed by atoms with van der Waals surface area (Å²) in [6, 6.07) is 3.82. The number of rotatable bonds is 1. The zero-order valence-electron chi connectivity index (χ0n) is 7.04. The largest absolute Gasteiger partial charge is 0.373 e. The molecule has 0 atom stereocenters. The van der Waals surface area contributed by atoms with Crippen molar-refractivity contribution in [2.75, 3.05) is 0 Å². The summed E-state index contributed by atoms with van der Waals surface area (Å²) in [4.78, 5) is 8.08. The van der Waals surface area contributed by atoms with Crippen molar-refractivity contribution in [1.82, 2.24) is 14.5 Å². The van der Waals surface area contributed by atoms with Gasteiger partial charge in [-0.05, 0) is 6.20 Å². The number of aromatic nitrogens is 3. The first-order chi connectivity index (χ1) is 5.88. The summed E-state index contributed by atoms with van der Waals surface area (Å²) < 4.78 is 1.94. The zero-order valence-corrected chi connectivity index (χ0v) is 9.32. The van der Waals surface area contributed by atoms with Crippen LogP contribution in [0.25, 0.3) is 11.4 Å². The second kappa shape index (κ2) is 4.33. The third-order valence-electron chi connectivity index (χ3n) is 1.67. The SMILES string of the molecule is Cn1ccnc1-c1[c-]nccc1.[Pt]. The average Bonchev–Trinajstić information content (AvgIpc) is 2.53. The molecule has 3 nitrogen and oxygen atoms in total. The predicted molar refractivity (Wildman–Crippen MR) is 45.3 cm³/mol. The van der Waals surface area contributed by atoms with Gasteiger partial charge in [0, 0.05) is 40.5 Å². The minimum Gasteiger partial charge on any atom is -0.373 e. The topological polar surface area (TPSA) is 30.7 Å². The number of imidazole rings is 1. The van der Waals surface area contributed by atoms with Crippen molar-refractivity contribution in [2.45, 2.75) is 0 Å². The summed E-state index contributed by atoms with van der Waals surface area (Å²) in [6.45, 7) is 0. The van der Waals surface area contributed by atoms with Crippen LogP contribution in [-0.2, 0) is 28.1 Å². The van der Waals surface area contributed by atoms with Crippen molar-refractivity contribution in [3.63, 3.8) is 0 Å². The van der Waals surface area contributed by atoms with E-state index in [1.54, 1.807) is 12.4 Å². The number of pyridine rings is 1. The Morgan fingerprint density at radius 1 is 1.38 bits per heavy atom. The molecule has 0 spiro atoms. The van der Waals surface area contributed by atoms with Crippen molar-refractivity contribution in [2.24, 2.45) is 7.05 Å². The standard InChI is InChI=1S/C9H8N3.Pt/c1-12-6-5-11-9(12)8-3-2-4-10-7-8;/h2-6H,1H3;/q-1;. The number of nitrogens with zero attached hydrogens (tertiary/aromatic N) is 3. The first-order valence-electron chi connectivity index (χ1n) is 3.68. The van der Waals surface area contributed by atoms with Gasteiger partial charge in [0.1, 0.15) is 0 Å². The predicted octanol–water partition coefficient (Wildman–Crippen LogP) is 1.28. The van der Waals surface area contributed by atoms with Gasteiger partial charge in [-0.25, -0.2) is 0 Å². The van der Waals surface area contributed by atoms with Crippen LogP contribution in [0.2, 0.25) is 0 Å². The Balaban J connectivity index is 0.000000845. The summed E-state index contributed by atoms with van der Waals surface area (Å²) in [5, 5.41) is 0. The Morgan fingerprint density at radius 3 is 2.77 bits per heavy atom. The maximum absolute atomic E-state index is 4.18. The van der Waals surface area contributed by atoms with Crippen molar-refractivity contribution in [3.05, 3.63) is 36.9 Å². The van der Waals surface area contributed by atoms with E-state index in [1.807, 2.05) is 29.9 Å². The molecule has 0 bridgehead atoms. The first kappa shape index (κ1) is 10.1. The van der Waals surface area contributed by atoms with Gasteiger partial charge >= 0.3 is 0 Å². The quantitative estimate of drug-likeness (QED) is 0.724. The van der Waals surface area contributed by atoms with Gasteiger partial charge in [-0.15, -0.1) is 12.1 Å². The van der Waals surface area contributed by atoms with E-state index in [2.05, 4.69) is 16.2 Å². The van der Waals surface area contributed by atoms with Crippen LogP contribution < -0.4 is 0 Å². The average molecular weight is 353 g/mol. The van der Waals surface area contributed by atoms with Crippen LogP contribution >= 0.6 is 0 Å². The van der Waals surface area contributed by atoms with Crippen molar-refractivity contribution in [3.8, 4) is 11.4 Å². The third kappa shape index (κ3) is 2.04. The minimum absolute atomic E-state index is 0. The van der Waals surface area contributed by atoms with Crippen LogP contribution in [0.1, 0.15) is 0 Å². The molecule has 0 radical (unpaired) electrons. The van der Waals surface area contributed by atoms with Crippen LogP contribution in [0.5, 0.6) is 0 Å². The molecule has 0 amide bonds. The Labute approximate surface area is 91.1 Å². The van der Waals surface area contributed by atoms with Crippen molar-refractivity contribution in [1.29, 1.82) is 0 Å². The molecule has 0 aliphatic heterocycles. The molecule has 13 heavy (non-hydrogen) atoms. The van der Waals surface area contributed by atoms with Crippen LogP contribution in [-0.4, -0.2) is 14.5 Å². The molecule has 4 heteroatoms. The van der Waals surface area contributed by atoms with E-state index < -0.39 is 0 Å². The van der Waals surface area contributed by atoms with Crippen LogP contribution in [0.3, 0.4) is 0 Å². The monoisotopic (exact) mass is 353 g/mol. The molecule has 0 aromatic carbocycles. The summed E-state index contributed by atoms with van der Waals surface area (Å²) >= 11 is 0. The maximum Gasteiger partial charge on any atom is 0.0570 e. The zero-order chi connectivity index (χ0) is 8.39. The number of hydrogen-bond acceptors (Lipinski definition) is 2. The molecule has 0 fully saturated rings. The van der Waals surface area contributed by atoms with Gasteiger partial charge in [-0.1, -0.05) is 11.8 Å². The van der Waals surface area contributed by atoms with Gasteiger partial charge in [-0.2, -0.15) is 0 Å². The van der Waals surface area contributed by atoms with E-state index in [4.69, 9.17) is 0 Å². The molecule has 0 saturated carbocycles. The molecular weight excluding hydrogens is 345 g/mol.